The highest BCUT2D eigenvalue weighted by Crippen LogP contribution is 2.00. The van der Waals surface area contributed by atoms with Crippen LogP contribution in [0.4, 0.5) is 0 Å². The molecule has 0 saturated heterocycles. The van der Waals surface area contributed by atoms with E-state index in [2.05, 4.69) is 31.1 Å². The molecule has 0 spiro atoms. The summed E-state index contributed by atoms with van der Waals surface area (Å²) < 4.78 is 2.51. The Morgan fingerprint density at radius 1 is 1.18 bits per heavy atom. The van der Waals surface area contributed by atoms with Crippen molar-refractivity contribution in [2.45, 2.75) is 13.1 Å². The third kappa shape index (κ3) is 2.74. The van der Waals surface area contributed by atoms with Gasteiger partial charge in [0.2, 0.25) is 6.29 Å². The van der Waals surface area contributed by atoms with Gasteiger partial charge in [0.15, 0.2) is 5.78 Å². The van der Waals surface area contributed by atoms with E-state index in [0.29, 0.717) is 0 Å². The lowest BCUT2D eigenvalue weighted by Crippen LogP contribution is -2.26. The van der Waals surface area contributed by atoms with E-state index >= 15 is 0 Å². The Kier molecular flexibility index (Phi) is 3.23. The largest absolute Gasteiger partial charge is 0.297 e. The predicted octanol–water partition coefficient (Wildman–Crippen LogP) is -2.35. The summed E-state index contributed by atoms with van der Waals surface area (Å²) in [7, 11) is 0. The predicted molar refractivity (Wildman–Crippen MR) is 49.8 cm³/mol. The van der Waals surface area contributed by atoms with Crippen LogP contribution in [0, 0.1) is 5.92 Å². The molecular weight excluding hydrogens is 228 g/mol. The third-order valence-corrected chi connectivity index (χ3v) is 2.00. The van der Waals surface area contributed by atoms with Gasteiger partial charge in [-0.05, 0) is 20.9 Å². The molecule has 87 valence electrons. The van der Waals surface area contributed by atoms with E-state index in [1.165, 1.54) is 22.0 Å². The highest BCUT2D eigenvalue weighted by Gasteiger charge is 2.20. The number of carbonyl (C=O) groups is 1. The van der Waals surface area contributed by atoms with Crippen molar-refractivity contribution in [2.75, 3.05) is 0 Å². The molecule has 2 rings (SSSR count). The normalized spacial score (nSPS) is 12.2. The average molecular weight is 235 g/mol. The van der Waals surface area contributed by atoms with Crippen molar-refractivity contribution < 1.29 is 9.59 Å². The van der Waals surface area contributed by atoms with Crippen LogP contribution in [-0.4, -0.2) is 52.5 Å². The molecule has 0 aliphatic rings. The first-order valence-electron chi connectivity index (χ1n) is 4.61. The van der Waals surface area contributed by atoms with Gasteiger partial charge < -0.3 is 0 Å². The SMILES string of the molecule is O=[C]C(Cn1cnnn1)C(=O)Cn1cnnn1. The molecule has 17 heavy (non-hydrogen) atoms. The number of hydrogen-bond acceptors (Lipinski definition) is 8. The molecule has 1 atom stereocenters. The summed E-state index contributed by atoms with van der Waals surface area (Å²) in [5, 5.41) is 20.6. The summed E-state index contributed by atoms with van der Waals surface area (Å²) >= 11 is 0. The number of tetrazole rings is 2. The topological polar surface area (TPSA) is 121 Å². The molecule has 0 N–H and O–H groups in total. The first kappa shape index (κ1) is 11.0. The second-order valence-corrected chi connectivity index (χ2v) is 3.18. The van der Waals surface area contributed by atoms with Crippen molar-refractivity contribution in [1.82, 2.24) is 40.4 Å². The zero-order valence-electron chi connectivity index (χ0n) is 8.54. The van der Waals surface area contributed by atoms with Crippen LogP contribution in [0.1, 0.15) is 0 Å². The molecule has 2 aromatic rings. The molecule has 0 amide bonds. The number of rotatable bonds is 6. The molecule has 2 heterocycles. The maximum absolute atomic E-state index is 11.7. The van der Waals surface area contributed by atoms with E-state index in [-0.39, 0.29) is 18.9 Å². The van der Waals surface area contributed by atoms with Gasteiger partial charge >= 0.3 is 0 Å². The van der Waals surface area contributed by atoms with E-state index in [1.54, 1.807) is 6.29 Å². The molecule has 0 aliphatic carbocycles. The summed E-state index contributed by atoms with van der Waals surface area (Å²) in [6, 6.07) is 0. The minimum atomic E-state index is -0.942. The van der Waals surface area contributed by atoms with Crippen molar-refractivity contribution in [2.24, 2.45) is 5.92 Å². The molecule has 1 unspecified atom stereocenters. The Bertz CT molecular complexity index is 478. The van der Waals surface area contributed by atoms with E-state index in [4.69, 9.17) is 0 Å². The summed E-state index contributed by atoms with van der Waals surface area (Å²) in [5.74, 6) is -1.30. The number of Topliss-reactive ketones (excluding diaryl/α,β-unsaturated/α-hetero) is 1. The molecule has 1 radical (unpaired) electrons. The summed E-state index contributed by atoms with van der Waals surface area (Å²) in [6.07, 6.45) is 4.26. The molecular formula is C7H7N8O2. The van der Waals surface area contributed by atoms with Crippen LogP contribution in [0.2, 0.25) is 0 Å². The van der Waals surface area contributed by atoms with Gasteiger partial charge in [0.1, 0.15) is 25.1 Å². The van der Waals surface area contributed by atoms with E-state index in [0.717, 1.165) is 0 Å². The lowest BCUT2D eigenvalue weighted by atomic mass is 10.1. The molecule has 0 fully saturated rings. The Morgan fingerprint density at radius 3 is 2.35 bits per heavy atom. The molecule has 2 aromatic heterocycles. The monoisotopic (exact) mass is 235 g/mol. The minimum absolute atomic E-state index is 0.0530. The molecule has 0 aliphatic heterocycles. The second-order valence-electron chi connectivity index (χ2n) is 3.18. The van der Waals surface area contributed by atoms with Gasteiger partial charge in [-0.15, -0.1) is 10.2 Å². The highest BCUT2D eigenvalue weighted by molar-refractivity contribution is 5.93. The number of carbonyl (C=O) groups excluding carboxylic acids is 2. The maximum atomic E-state index is 11.7. The maximum Gasteiger partial charge on any atom is 0.211 e. The number of nitrogens with zero attached hydrogens (tertiary/aromatic N) is 8. The van der Waals surface area contributed by atoms with Crippen LogP contribution >= 0.6 is 0 Å². The Morgan fingerprint density at radius 2 is 1.82 bits per heavy atom. The van der Waals surface area contributed by atoms with Crippen LogP contribution in [0.3, 0.4) is 0 Å². The second kappa shape index (κ2) is 5.01. The fraction of sp³-hybridized carbons (Fsp3) is 0.429. The van der Waals surface area contributed by atoms with Crippen molar-refractivity contribution in [1.29, 1.82) is 0 Å². The van der Waals surface area contributed by atoms with Crippen molar-refractivity contribution in [3.05, 3.63) is 12.7 Å². The fourth-order valence-electron chi connectivity index (χ4n) is 1.18. The van der Waals surface area contributed by atoms with Crippen LogP contribution in [0.5, 0.6) is 0 Å². The third-order valence-electron chi connectivity index (χ3n) is 2.00. The number of ketones is 1. The van der Waals surface area contributed by atoms with Gasteiger partial charge in [-0.2, -0.15) is 0 Å². The van der Waals surface area contributed by atoms with Gasteiger partial charge in [0, 0.05) is 0 Å². The highest BCUT2D eigenvalue weighted by atomic mass is 16.1. The Hall–Kier alpha value is -2.52. The quantitative estimate of drug-likeness (QED) is 0.510. The molecule has 10 heteroatoms. The van der Waals surface area contributed by atoms with E-state index < -0.39 is 5.92 Å². The van der Waals surface area contributed by atoms with Crippen LogP contribution in [0.15, 0.2) is 12.7 Å². The van der Waals surface area contributed by atoms with Gasteiger partial charge in [-0.3, -0.25) is 9.59 Å². The Labute approximate surface area is 94.6 Å². The Balaban J connectivity index is 1.98. The lowest BCUT2D eigenvalue weighted by molar-refractivity contribution is -0.122. The minimum Gasteiger partial charge on any atom is -0.297 e. The van der Waals surface area contributed by atoms with Crippen molar-refractivity contribution in [3.63, 3.8) is 0 Å². The smallest absolute Gasteiger partial charge is 0.211 e. The fourth-order valence-corrected chi connectivity index (χ4v) is 1.18. The summed E-state index contributed by atoms with van der Waals surface area (Å²) in [5.41, 5.74) is 0. The van der Waals surface area contributed by atoms with Gasteiger partial charge in [0.25, 0.3) is 0 Å². The summed E-state index contributed by atoms with van der Waals surface area (Å²) in [4.78, 5) is 22.4. The molecule has 0 aromatic carbocycles. The number of hydrogen-bond donors (Lipinski definition) is 0. The molecule has 0 bridgehead atoms. The van der Waals surface area contributed by atoms with Gasteiger partial charge in [-0.1, -0.05) is 0 Å². The van der Waals surface area contributed by atoms with E-state index in [1.807, 2.05) is 0 Å². The van der Waals surface area contributed by atoms with Gasteiger partial charge in [-0.25, -0.2) is 9.36 Å². The summed E-state index contributed by atoms with van der Waals surface area (Å²) in [6.45, 7) is -0.0352. The van der Waals surface area contributed by atoms with Crippen LogP contribution < -0.4 is 0 Å². The van der Waals surface area contributed by atoms with Crippen molar-refractivity contribution in [3.8, 4) is 0 Å². The molecule has 10 nitrogen and oxygen atoms in total. The number of aromatic nitrogens is 8. The first-order chi connectivity index (χ1) is 8.29. The first-order valence-corrected chi connectivity index (χ1v) is 4.61. The van der Waals surface area contributed by atoms with Crippen LogP contribution in [-0.2, 0) is 22.7 Å². The molecule has 0 saturated carbocycles. The lowest BCUT2D eigenvalue weighted by Gasteiger charge is -2.06. The zero-order chi connectivity index (χ0) is 12.1. The zero-order valence-corrected chi connectivity index (χ0v) is 8.54. The van der Waals surface area contributed by atoms with Crippen molar-refractivity contribution >= 4 is 12.1 Å². The van der Waals surface area contributed by atoms with E-state index in [9.17, 15) is 9.59 Å². The van der Waals surface area contributed by atoms with Gasteiger partial charge in [0.05, 0.1) is 6.54 Å². The van der Waals surface area contributed by atoms with Crippen LogP contribution in [0.25, 0.3) is 0 Å². The average Bonchev–Trinajstić information content (AvgIpc) is 2.97. The standard InChI is InChI=1S/C7H7N8O2/c16-3-6(1-14-4-8-10-12-14)7(17)2-15-5-9-11-13-15/h4-6H,1-2H2.